The molecule has 0 aromatic rings. The average Bonchev–Trinajstić information content (AvgIpc) is 0.916. The summed E-state index contributed by atoms with van der Waals surface area (Å²) >= 11 is 0. The van der Waals surface area contributed by atoms with E-state index in [2.05, 4.69) is 86.8 Å². The van der Waals surface area contributed by atoms with Crippen molar-refractivity contribution in [1.82, 2.24) is 0 Å². The maximum absolute atomic E-state index is 12.9. The molecule has 0 radical (unpaired) electrons. The van der Waals surface area contributed by atoms with Gasteiger partial charge >= 0.3 is 11.9 Å². The third-order valence-corrected chi connectivity index (χ3v) is 21.2. The summed E-state index contributed by atoms with van der Waals surface area (Å²) in [6.07, 6.45) is 114. The molecule has 0 rings (SSSR count). The van der Waals surface area contributed by atoms with E-state index >= 15 is 0 Å². The number of ether oxygens (including phenoxy) is 2. The summed E-state index contributed by atoms with van der Waals surface area (Å²) in [6.45, 7) is 4.29. The molecule has 102 heavy (non-hydrogen) atoms. The van der Waals surface area contributed by atoms with Crippen molar-refractivity contribution < 1.29 is 42.1 Å². The lowest BCUT2D eigenvalue weighted by atomic mass is 10.0. The number of phosphoric acid groups is 1. The first kappa shape index (κ1) is 99.5. The number of esters is 2. The number of phosphoric ester groups is 1. The quantitative estimate of drug-likeness (QED) is 0.0195. The molecule has 598 valence electrons. The van der Waals surface area contributed by atoms with Crippen molar-refractivity contribution in [2.24, 2.45) is 0 Å². The number of hydrogen-bond donors (Lipinski definition) is 0. The summed E-state index contributed by atoms with van der Waals surface area (Å²) in [7, 11) is 1.19. The zero-order valence-electron chi connectivity index (χ0n) is 68.6. The topological polar surface area (TPSA) is 111 Å². The molecule has 0 aliphatic heterocycles. The number of likely N-dealkylation sites (N-methyl/N-ethyl adjacent to an activating group) is 1. The monoisotopic (exact) mass is 1450 g/mol. The Balaban J connectivity index is 3.86. The minimum atomic E-state index is -4.65. The minimum absolute atomic E-state index is 0.0285. The fourth-order valence-corrected chi connectivity index (χ4v) is 14.1. The molecule has 2 atom stereocenters. The highest BCUT2D eigenvalue weighted by Crippen LogP contribution is 2.38. The van der Waals surface area contributed by atoms with Crippen molar-refractivity contribution in [3.8, 4) is 0 Å². The molecular formula is C92H172NO8P. The van der Waals surface area contributed by atoms with E-state index in [1.165, 1.54) is 360 Å². The van der Waals surface area contributed by atoms with Gasteiger partial charge in [0.2, 0.25) is 0 Å². The predicted octanol–water partition coefficient (Wildman–Crippen LogP) is 29.6. The van der Waals surface area contributed by atoms with Gasteiger partial charge in [-0.3, -0.25) is 14.2 Å². The Labute approximate surface area is 635 Å². The highest BCUT2D eigenvalue weighted by molar-refractivity contribution is 7.45. The summed E-state index contributed by atoms with van der Waals surface area (Å²) in [5, 5.41) is 0. The molecule has 0 aliphatic rings. The van der Waals surface area contributed by atoms with E-state index in [1.54, 1.807) is 0 Å². The maximum Gasteiger partial charge on any atom is 0.306 e. The van der Waals surface area contributed by atoms with Crippen molar-refractivity contribution in [1.29, 1.82) is 0 Å². The van der Waals surface area contributed by atoms with Gasteiger partial charge in [0.05, 0.1) is 27.7 Å². The van der Waals surface area contributed by atoms with Gasteiger partial charge < -0.3 is 27.9 Å². The zero-order valence-corrected chi connectivity index (χ0v) is 69.5. The highest BCUT2D eigenvalue weighted by Gasteiger charge is 2.22. The second-order valence-corrected chi connectivity index (χ2v) is 33.0. The van der Waals surface area contributed by atoms with Gasteiger partial charge in [-0.2, -0.15) is 0 Å². The lowest BCUT2D eigenvalue weighted by molar-refractivity contribution is -0.870. The third kappa shape index (κ3) is 86.4. The number of allylic oxidation sites excluding steroid dienone is 12. The van der Waals surface area contributed by atoms with Gasteiger partial charge in [-0.15, -0.1) is 0 Å². The van der Waals surface area contributed by atoms with Crippen LogP contribution >= 0.6 is 7.82 Å². The van der Waals surface area contributed by atoms with E-state index in [4.69, 9.17) is 18.5 Å². The maximum atomic E-state index is 12.9. The molecule has 0 spiro atoms. The highest BCUT2D eigenvalue weighted by atomic mass is 31.2. The first-order valence-electron chi connectivity index (χ1n) is 44.6. The van der Waals surface area contributed by atoms with Crippen LogP contribution in [0.15, 0.2) is 72.9 Å². The molecule has 0 fully saturated rings. The Hall–Kier alpha value is -2.55. The Morgan fingerprint density at radius 3 is 0.784 bits per heavy atom. The summed E-state index contributed by atoms with van der Waals surface area (Å²) in [4.78, 5) is 38.3. The number of carbonyl (C=O) groups excluding carboxylic acids is 2. The van der Waals surface area contributed by atoms with Gasteiger partial charge in [-0.05, 0) is 89.9 Å². The first-order chi connectivity index (χ1) is 50.0. The zero-order chi connectivity index (χ0) is 74.0. The number of rotatable bonds is 84. The van der Waals surface area contributed by atoms with Crippen LogP contribution in [0.25, 0.3) is 0 Å². The largest absolute Gasteiger partial charge is 0.756 e. The Kier molecular flexibility index (Phi) is 80.4. The third-order valence-electron chi connectivity index (χ3n) is 20.2. The number of hydrogen-bond acceptors (Lipinski definition) is 8. The van der Waals surface area contributed by atoms with Crippen LogP contribution in [0.2, 0.25) is 0 Å². The standard InChI is InChI=1S/C92H172NO8P/c1-6-8-10-12-14-16-18-20-22-24-26-28-30-32-34-36-38-40-42-44-45-46-47-49-51-53-55-57-59-61-63-65-67-69-71-73-75-77-79-81-83-85-92(95)101-90(89-100-102(96,97)99-87-86-93(3,4)5)88-98-91(94)84-82-80-78-76-74-72-70-68-66-64-62-60-58-56-54-52-50-48-43-41-39-37-35-33-31-29-27-25-23-21-19-17-15-13-11-9-7-2/h18-21,24-27,30-33,90H,6-17,22-23,28-29,34-89H2,1-5H3/b20-18-,21-19-,26-24-,27-25-,32-30-,33-31-. The van der Waals surface area contributed by atoms with Crippen LogP contribution in [-0.4, -0.2) is 70.0 Å². The van der Waals surface area contributed by atoms with Crippen molar-refractivity contribution >= 4 is 19.8 Å². The van der Waals surface area contributed by atoms with Gasteiger partial charge in [0.15, 0.2) is 6.10 Å². The molecule has 0 heterocycles. The molecule has 0 N–H and O–H groups in total. The van der Waals surface area contributed by atoms with E-state index in [0.717, 1.165) is 57.8 Å². The van der Waals surface area contributed by atoms with Gasteiger partial charge in [0, 0.05) is 12.8 Å². The normalized spacial score (nSPS) is 13.3. The van der Waals surface area contributed by atoms with Crippen LogP contribution in [0, 0.1) is 0 Å². The molecule has 9 nitrogen and oxygen atoms in total. The first-order valence-corrected chi connectivity index (χ1v) is 46.1. The van der Waals surface area contributed by atoms with Gasteiger partial charge in [0.1, 0.15) is 19.8 Å². The summed E-state index contributed by atoms with van der Waals surface area (Å²) in [5.41, 5.74) is 0. The molecule has 0 aromatic carbocycles. The number of carbonyl (C=O) groups is 2. The Morgan fingerprint density at radius 1 is 0.304 bits per heavy atom. The molecule has 10 heteroatoms. The molecule has 0 bridgehead atoms. The molecule has 0 amide bonds. The average molecular weight is 1450 g/mol. The van der Waals surface area contributed by atoms with Crippen molar-refractivity contribution in [2.45, 2.75) is 457 Å². The van der Waals surface area contributed by atoms with E-state index in [-0.39, 0.29) is 32.0 Å². The molecule has 2 unspecified atom stereocenters. The molecule has 0 aliphatic carbocycles. The van der Waals surface area contributed by atoms with Crippen LogP contribution in [0.1, 0.15) is 450 Å². The summed E-state index contributed by atoms with van der Waals surface area (Å²) in [6, 6.07) is 0. The van der Waals surface area contributed by atoms with E-state index in [0.29, 0.717) is 17.4 Å². The molecule has 0 aromatic heterocycles. The van der Waals surface area contributed by atoms with Gasteiger partial charge in [-0.25, -0.2) is 0 Å². The minimum Gasteiger partial charge on any atom is -0.756 e. The van der Waals surface area contributed by atoms with Crippen molar-refractivity contribution in [3.05, 3.63) is 72.9 Å². The van der Waals surface area contributed by atoms with Gasteiger partial charge in [0.25, 0.3) is 7.82 Å². The van der Waals surface area contributed by atoms with Crippen LogP contribution in [0.4, 0.5) is 0 Å². The van der Waals surface area contributed by atoms with Crippen molar-refractivity contribution in [2.75, 3.05) is 47.5 Å². The lowest BCUT2D eigenvalue weighted by Gasteiger charge is -2.28. The Bertz CT molecular complexity index is 1950. The SMILES string of the molecule is CCCCCCC/C=C\C/C=C\C/C=C\CCCCCCCCCCCCCCCCCCCCCCCCCCCCC(=O)OC(COC(=O)CCCCCCCCCCCCCCCCCCCCCCCC/C=C\C/C=C\C/C=C\CCCCCCC)COP(=O)([O-])OCC[N+](C)(C)C. The fourth-order valence-electron chi connectivity index (χ4n) is 13.4. The molecule has 0 saturated heterocycles. The fraction of sp³-hybridized carbons (Fsp3) is 0.848. The second kappa shape index (κ2) is 82.5. The van der Waals surface area contributed by atoms with Crippen LogP contribution < -0.4 is 4.89 Å². The number of quaternary nitrogens is 1. The van der Waals surface area contributed by atoms with Gasteiger partial charge in [-0.1, -0.05) is 421 Å². The van der Waals surface area contributed by atoms with Crippen LogP contribution in [0.3, 0.4) is 0 Å². The lowest BCUT2D eigenvalue weighted by Crippen LogP contribution is -2.37. The van der Waals surface area contributed by atoms with Crippen LogP contribution in [0.5, 0.6) is 0 Å². The number of unbranched alkanes of at least 4 members (excludes halogenated alkanes) is 58. The van der Waals surface area contributed by atoms with E-state index < -0.39 is 26.5 Å². The second-order valence-electron chi connectivity index (χ2n) is 31.6. The van der Waals surface area contributed by atoms with E-state index in [9.17, 15) is 19.0 Å². The summed E-state index contributed by atoms with van der Waals surface area (Å²) in [5.74, 6) is -0.808. The summed E-state index contributed by atoms with van der Waals surface area (Å²) < 4.78 is 34.5. The van der Waals surface area contributed by atoms with E-state index in [1.807, 2.05) is 21.1 Å². The van der Waals surface area contributed by atoms with Crippen LogP contribution in [-0.2, 0) is 32.7 Å². The predicted molar refractivity (Wildman–Crippen MR) is 443 cm³/mol. The molecular weight excluding hydrogens is 1280 g/mol. The number of nitrogens with zero attached hydrogens (tertiary/aromatic N) is 1. The van der Waals surface area contributed by atoms with Crippen molar-refractivity contribution in [3.63, 3.8) is 0 Å². The smallest absolute Gasteiger partial charge is 0.306 e. The Morgan fingerprint density at radius 2 is 0.529 bits per heavy atom. The molecule has 0 saturated carbocycles.